The number of benzene rings is 1. The van der Waals surface area contributed by atoms with Crippen molar-refractivity contribution in [1.29, 1.82) is 0 Å². The number of amides is 1. The molecule has 3 nitrogen and oxygen atoms in total. The lowest BCUT2D eigenvalue weighted by Gasteiger charge is -2.31. The average molecular weight is 247 g/mol. The third-order valence-electron chi connectivity index (χ3n) is 3.69. The van der Waals surface area contributed by atoms with Gasteiger partial charge < -0.3 is 10.4 Å². The standard InChI is InChI=1S/C15H21NO2/c1-12-7-3-4-8-13(12)16-14(17)11-15(18)9-5-2-6-10-15/h3-4,7-8,18H,2,5-6,9-11H2,1H3,(H,16,17). The summed E-state index contributed by atoms with van der Waals surface area (Å²) >= 11 is 0. The summed E-state index contributed by atoms with van der Waals surface area (Å²) in [6.45, 7) is 1.96. The maximum Gasteiger partial charge on any atom is 0.227 e. The highest BCUT2D eigenvalue weighted by Crippen LogP contribution is 2.31. The van der Waals surface area contributed by atoms with E-state index in [1.54, 1.807) is 0 Å². The third kappa shape index (κ3) is 3.33. The second kappa shape index (κ2) is 5.53. The predicted octanol–water partition coefficient (Wildman–Crippen LogP) is 3.02. The minimum Gasteiger partial charge on any atom is -0.389 e. The van der Waals surface area contributed by atoms with Crippen LogP contribution in [0, 0.1) is 6.92 Å². The van der Waals surface area contributed by atoms with Gasteiger partial charge in [0.25, 0.3) is 0 Å². The number of carbonyl (C=O) groups is 1. The van der Waals surface area contributed by atoms with Crippen molar-refractivity contribution in [2.24, 2.45) is 0 Å². The summed E-state index contributed by atoms with van der Waals surface area (Å²) in [5, 5.41) is 13.2. The minimum absolute atomic E-state index is 0.0892. The van der Waals surface area contributed by atoms with Gasteiger partial charge in [-0.1, -0.05) is 37.5 Å². The number of hydrogen-bond donors (Lipinski definition) is 2. The van der Waals surface area contributed by atoms with Crippen LogP contribution in [0.2, 0.25) is 0 Å². The Morgan fingerprint density at radius 3 is 2.61 bits per heavy atom. The van der Waals surface area contributed by atoms with Crippen LogP contribution in [0.25, 0.3) is 0 Å². The van der Waals surface area contributed by atoms with Gasteiger partial charge in [0.1, 0.15) is 0 Å². The molecule has 3 heteroatoms. The summed E-state index contributed by atoms with van der Waals surface area (Å²) in [4.78, 5) is 12.0. The fraction of sp³-hybridized carbons (Fsp3) is 0.533. The Balaban J connectivity index is 1.94. The van der Waals surface area contributed by atoms with E-state index < -0.39 is 5.60 Å². The quantitative estimate of drug-likeness (QED) is 0.862. The van der Waals surface area contributed by atoms with Crippen LogP contribution in [0.3, 0.4) is 0 Å². The molecular formula is C15H21NO2. The van der Waals surface area contributed by atoms with Crippen LogP contribution in [0.5, 0.6) is 0 Å². The summed E-state index contributed by atoms with van der Waals surface area (Å²) in [5.74, 6) is -0.0892. The van der Waals surface area contributed by atoms with Gasteiger partial charge in [0, 0.05) is 5.69 Å². The minimum atomic E-state index is -0.787. The lowest BCUT2D eigenvalue weighted by atomic mass is 9.82. The molecule has 0 spiro atoms. The summed E-state index contributed by atoms with van der Waals surface area (Å²) in [5.41, 5.74) is 1.09. The Morgan fingerprint density at radius 2 is 1.94 bits per heavy atom. The van der Waals surface area contributed by atoms with Gasteiger partial charge >= 0.3 is 0 Å². The normalized spacial score (nSPS) is 18.3. The number of hydrogen-bond acceptors (Lipinski definition) is 2. The zero-order valence-corrected chi connectivity index (χ0v) is 10.9. The Bertz CT molecular complexity index is 422. The first-order valence-corrected chi connectivity index (χ1v) is 6.67. The highest BCUT2D eigenvalue weighted by molar-refractivity contribution is 5.92. The molecule has 0 heterocycles. The number of nitrogens with one attached hydrogen (secondary N) is 1. The summed E-state index contributed by atoms with van der Waals surface area (Å²) < 4.78 is 0. The largest absolute Gasteiger partial charge is 0.389 e. The Hall–Kier alpha value is -1.35. The second-order valence-electron chi connectivity index (χ2n) is 5.32. The van der Waals surface area contributed by atoms with E-state index in [9.17, 15) is 9.90 Å². The first kappa shape index (κ1) is 13.1. The van der Waals surface area contributed by atoms with E-state index >= 15 is 0 Å². The summed E-state index contributed by atoms with van der Waals surface area (Å²) in [6.07, 6.45) is 4.91. The van der Waals surface area contributed by atoms with Crippen LogP contribution < -0.4 is 5.32 Å². The van der Waals surface area contributed by atoms with E-state index in [-0.39, 0.29) is 12.3 Å². The van der Waals surface area contributed by atoms with Gasteiger partial charge in [0.05, 0.1) is 12.0 Å². The molecule has 1 aromatic carbocycles. The molecule has 0 bridgehead atoms. The van der Waals surface area contributed by atoms with E-state index in [0.29, 0.717) is 0 Å². The number of anilines is 1. The van der Waals surface area contributed by atoms with Crippen molar-refractivity contribution in [2.45, 2.75) is 51.0 Å². The number of aryl methyl sites for hydroxylation is 1. The number of aliphatic hydroxyl groups is 1. The van der Waals surface area contributed by atoms with E-state index in [4.69, 9.17) is 0 Å². The van der Waals surface area contributed by atoms with E-state index in [1.807, 2.05) is 31.2 Å². The fourth-order valence-electron chi connectivity index (χ4n) is 2.59. The fourth-order valence-corrected chi connectivity index (χ4v) is 2.59. The van der Waals surface area contributed by atoms with Crippen LogP contribution in [-0.2, 0) is 4.79 Å². The van der Waals surface area contributed by atoms with Crippen LogP contribution in [-0.4, -0.2) is 16.6 Å². The lowest BCUT2D eigenvalue weighted by Crippen LogP contribution is -2.35. The van der Waals surface area contributed by atoms with E-state index in [1.165, 1.54) is 6.42 Å². The Labute approximate surface area is 108 Å². The molecule has 0 aliphatic heterocycles. The molecule has 0 aromatic heterocycles. The van der Waals surface area contributed by atoms with Crippen molar-refractivity contribution in [2.75, 3.05) is 5.32 Å². The Morgan fingerprint density at radius 1 is 1.28 bits per heavy atom. The average Bonchev–Trinajstić information content (AvgIpc) is 2.32. The molecule has 0 radical (unpaired) electrons. The molecule has 0 unspecified atom stereocenters. The van der Waals surface area contributed by atoms with Crippen molar-refractivity contribution in [3.05, 3.63) is 29.8 Å². The van der Waals surface area contributed by atoms with Gasteiger partial charge in [-0.2, -0.15) is 0 Å². The van der Waals surface area contributed by atoms with Crippen molar-refractivity contribution < 1.29 is 9.90 Å². The van der Waals surface area contributed by atoms with Gasteiger partial charge in [-0.05, 0) is 31.4 Å². The molecule has 1 aliphatic carbocycles. The van der Waals surface area contributed by atoms with Crippen molar-refractivity contribution in [3.63, 3.8) is 0 Å². The lowest BCUT2D eigenvalue weighted by molar-refractivity contribution is -0.122. The molecule has 1 fully saturated rings. The molecule has 18 heavy (non-hydrogen) atoms. The molecular weight excluding hydrogens is 226 g/mol. The van der Waals surface area contributed by atoms with Crippen molar-refractivity contribution >= 4 is 11.6 Å². The number of rotatable bonds is 3. The molecule has 1 saturated carbocycles. The molecule has 98 valence electrons. The SMILES string of the molecule is Cc1ccccc1NC(=O)CC1(O)CCCCC1. The van der Waals surface area contributed by atoms with Crippen LogP contribution in [0.1, 0.15) is 44.1 Å². The first-order valence-electron chi connectivity index (χ1n) is 6.67. The highest BCUT2D eigenvalue weighted by atomic mass is 16.3. The van der Waals surface area contributed by atoms with Gasteiger partial charge in [-0.15, -0.1) is 0 Å². The van der Waals surface area contributed by atoms with Crippen LogP contribution >= 0.6 is 0 Å². The number of carbonyl (C=O) groups excluding carboxylic acids is 1. The summed E-state index contributed by atoms with van der Waals surface area (Å²) in [6, 6.07) is 7.70. The van der Waals surface area contributed by atoms with Gasteiger partial charge in [0.15, 0.2) is 0 Å². The van der Waals surface area contributed by atoms with Gasteiger partial charge in [-0.25, -0.2) is 0 Å². The second-order valence-corrected chi connectivity index (χ2v) is 5.32. The smallest absolute Gasteiger partial charge is 0.227 e. The highest BCUT2D eigenvalue weighted by Gasteiger charge is 2.31. The topological polar surface area (TPSA) is 49.3 Å². The van der Waals surface area contributed by atoms with E-state index in [0.717, 1.165) is 36.9 Å². The van der Waals surface area contributed by atoms with Crippen molar-refractivity contribution in [3.8, 4) is 0 Å². The van der Waals surface area contributed by atoms with Crippen LogP contribution in [0.4, 0.5) is 5.69 Å². The van der Waals surface area contributed by atoms with Crippen LogP contribution in [0.15, 0.2) is 24.3 Å². The molecule has 1 amide bonds. The zero-order valence-electron chi connectivity index (χ0n) is 10.9. The monoisotopic (exact) mass is 247 g/mol. The molecule has 0 saturated heterocycles. The van der Waals surface area contributed by atoms with Gasteiger partial charge in [-0.3, -0.25) is 4.79 Å². The maximum absolute atomic E-state index is 12.0. The third-order valence-corrected chi connectivity index (χ3v) is 3.69. The predicted molar refractivity (Wildman–Crippen MR) is 72.5 cm³/mol. The molecule has 0 atom stereocenters. The Kier molecular flexibility index (Phi) is 4.02. The molecule has 1 aromatic rings. The van der Waals surface area contributed by atoms with Gasteiger partial charge in [0.2, 0.25) is 5.91 Å². The van der Waals surface area contributed by atoms with Crippen molar-refractivity contribution in [1.82, 2.24) is 0 Å². The molecule has 1 aliphatic rings. The van der Waals surface area contributed by atoms with E-state index in [2.05, 4.69) is 5.32 Å². The molecule has 2 rings (SSSR count). The summed E-state index contributed by atoms with van der Waals surface area (Å²) in [7, 11) is 0. The first-order chi connectivity index (χ1) is 8.59. The maximum atomic E-state index is 12.0. The zero-order chi connectivity index (χ0) is 13.0. The molecule has 2 N–H and O–H groups in total. The number of para-hydroxylation sites is 1.